The van der Waals surface area contributed by atoms with Crippen LogP contribution < -0.4 is 15.0 Å². The lowest BCUT2D eigenvalue weighted by molar-refractivity contribution is -0.160. The fraction of sp³-hybridized carbons (Fsp3) is 0.370. The van der Waals surface area contributed by atoms with Crippen molar-refractivity contribution in [2.24, 2.45) is 10.9 Å². The molecule has 4 rings (SSSR count). The van der Waals surface area contributed by atoms with Crippen molar-refractivity contribution in [2.75, 3.05) is 45.3 Å². The molecular weight excluding hydrogens is 488 g/mol. The highest BCUT2D eigenvalue weighted by Crippen LogP contribution is 2.35. The zero-order valence-electron chi connectivity index (χ0n) is 20.8. The molecule has 198 valence electrons. The second-order valence-corrected chi connectivity index (χ2v) is 8.81. The smallest absolute Gasteiger partial charge is 0.395 e. The van der Waals surface area contributed by atoms with Crippen LogP contribution in [0.3, 0.4) is 0 Å². The Balaban J connectivity index is 1.41. The van der Waals surface area contributed by atoms with Gasteiger partial charge in [-0.2, -0.15) is 13.2 Å². The van der Waals surface area contributed by atoms with Gasteiger partial charge in [-0.15, -0.1) is 0 Å². The van der Waals surface area contributed by atoms with Gasteiger partial charge in [-0.25, -0.2) is 9.38 Å². The molecule has 0 saturated carbocycles. The fourth-order valence-corrected chi connectivity index (χ4v) is 4.34. The van der Waals surface area contributed by atoms with Gasteiger partial charge in [-0.3, -0.25) is 0 Å². The summed E-state index contributed by atoms with van der Waals surface area (Å²) in [5, 5.41) is 2.98. The zero-order chi connectivity index (χ0) is 26.4. The number of halogens is 4. The Hall–Kier alpha value is -3.69. The molecule has 1 atom stereocenters. The van der Waals surface area contributed by atoms with Crippen LogP contribution in [-0.2, 0) is 11.3 Å². The van der Waals surface area contributed by atoms with E-state index in [2.05, 4.69) is 15.2 Å². The number of anilines is 1. The van der Waals surface area contributed by atoms with Gasteiger partial charge in [0.15, 0.2) is 0 Å². The molecular formula is C27H30F4N4O2. The quantitative estimate of drug-likeness (QED) is 0.288. The van der Waals surface area contributed by atoms with Gasteiger partial charge in [0.05, 0.1) is 32.2 Å². The monoisotopic (exact) mass is 518 g/mol. The number of benzene rings is 2. The van der Waals surface area contributed by atoms with Gasteiger partial charge in [0.1, 0.15) is 23.0 Å². The Kier molecular flexibility index (Phi) is 8.25. The molecule has 37 heavy (non-hydrogen) atoms. The third-order valence-electron chi connectivity index (χ3n) is 6.45. The normalized spacial score (nSPS) is 18.5. The predicted molar refractivity (Wildman–Crippen MR) is 136 cm³/mol. The standard InChI is InChI=1S/C27H30F4N4O2/c1-36-22-7-4-6-21(16-22)35-13-11-34(12-14-35)18-33-26-19(5-3-8-23(26)28)17-32-24-15-20(27(29,30)31)9-10-25(24)37-2/h3-8,10,15-16,18,20,32H,9,11-14,17H2,1-2H3. The molecule has 2 aromatic rings. The number of para-hydroxylation sites is 1. The van der Waals surface area contributed by atoms with Crippen LogP contribution in [-0.4, -0.2) is 57.8 Å². The first-order valence-electron chi connectivity index (χ1n) is 12.0. The molecule has 1 N–H and O–H groups in total. The SMILES string of the molecule is COC1=CCC(C(F)(F)F)C=C1NCc1cccc(F)c1N=CN1CCN(c2cccc(OC)c2)CC1. The van der Waals surface area contributed by atoms with Crippen LogP contribution in [0.2, 0.25) is 0 Å². The summed E-state index contributed by atoms with van der Waals surface area (Å²) in [5.41, 5.74) is 1.98. The van der Waals surface area contributed by atoms with Crippen LogP contribution in [0.1, 0.15) is 12.0 Å². The Labute approximate surface area is 213 Å². The number of hydrogen-bond donors (Lipinski definition) is 1. The Morgan fingerprint density at radius 2 is 1.81 bits per heavy atom. The summed E-state index contributed by atoms with van der Waals surface area (Å²) in [4.78, 5) is 8.68. The van der Waals surface area contributed by atoms with Crippen molar-refractivity contribution in [3.63, 3.8) is 0 Å². The zero-order valence-corrected chi connectivity index (χ0v) is 20.8. The molecule has 1 fully saturated rings. The minimum absolute atomic E-state index is 0.0885. The molecule has 1 saturated heterocycles. The maximum Gasteiger partial charge on any atom is 0.395 e. The fourth-order valence-electron chi connectivity index (χ4n) is 4.34. The average molecular weight is 519 g/mol. The first kappa shape index (κ1) is 26.4. The van der Waals surface area contributed by atoms with E-state index in [0.717, 1.165) is 30.6 Å². The molecule has 0 amide bonds. The summed E-state index contributed by atoms with van der Waals surface area (Å²) in [6.45, 7) is 3.04. The summed E-state index contributed by atoms with van der Waals surface area (Å²) in [7, 11) is 3.04. The van der Waals surface area contributed by atoms with Crippen LogP contribution in [0.25, 0.3) is 0 Å². The molecule has 2 aromatic carbocycles. The number of aliphatic imine (C=N–C) groups is 1. The topological polar surface area (TPSA) is 49.3 Å². The largest absolute Gasteiger partial charge is 0.497 e. The number of nitrogens with one attached hydrogen (secondary N) is 1. The average Bonchev–Trinajstić information content (AvgIpc) is 2.91. The van der Waals surface area contributed by atoms with E-state index in [9.17, 15) is 17.6 Å². The van der Waals surface area contributed by atoms with Crippen LogP contribution in [0.15, 0.2) is 71.1 Å². The number of allylic oxidation sites excluding steroid dienone is 2. The Morgan fingerprint density at radius 3 is 2.51 bits per heavy atom. The highest BCUT2D eigenvalue weighted by Gasteiger charge is 2.39. The van der Waals surface area contributed by atoms with E-state index in [0.29, 0.717) is 24.4 Å². The van der Waals surface area contributed by atoms with E-state index in [4.69, 9.17) is 9.47 Å². The lowest BCUT2D eigenvalue weighted by Crippen LogP contribution is -2.45. The molecule has 1 unspecified atom stereocenters. The van der Waals surface area contributed by atoms with E-state index in [1.807, 2.05) is 29.2 Å². The maximum absolute atomic E-state index is 14.7. The van der Waals surface area contributed by atoms with Gasteiger partial charge in [-0.1, -0.05) is 18.2 Å². The Morgan fingerprint density at radius 1 is 1.05 bits per heavy atom. The molecule has 1 aliphatic carbocycles. The molecule has 1 heterocycles. The highest BCUT2D eigenvalue weighted by molar-refractivity contribution is 5.64. The molecule has 10 heteroatoms. The van der Waals surface area contributed by atoms with Crippen molar-refractivity contribution in [2.45, 2.75) is 19.1 Å². The predicted octanol–water partition coefficient (Wildman–Crippen LogP) is 5.40. The summed E-state index contributed by atoms with van der Waals surface area (Å²) in [6, 6.07) is 12.5. The van der Waals surface area contributed by atoms with E-state index in [-0.39, 0.29) is 24.4 Å². The van der Waals surface area contributed by atoms with Crippen molar-refractivity contribution in [1.82, 2.24) is 10.2 Å². The second kappa shape index (κ2) is 11.6. The molecule has 0 bridgehead atoms. The lowest BCUT2D eigenvalue weighted by Gasteiger charge is -2.35. The van der Waals surface area contributed by atoms with Crippen LogP contribution in [0, 0.1) is 11.7 Å². The third-order valence-corrected chi connectivity index (χ3v) is 6.45. The first-order valence-corrected chi connectivity index (χ1v) is 12.0. The van der Waals surface area contributed by atoms with E-state index < -0.39 is 17.9 Å². The van der Waals surface area contributed by atoms with Gasteiger partial charge in [0, 0.05) is 44.5 Å². The van der Waals surface area contributed by atoms with Crippen molar-refractivity contribution in [3.8, 4) is 5.75 Å². The number of hydrogen-bond acceptors (Lipinski definition) is 5. The lowest BCUT2D eigenvalue weighted by atomic mass is 9.97. The highest BCUT2D eigenvalue weighted by atomic mass is 19.4. The summed E-state index contributed by atoms with van der Waals surface area (Å²) >= 11 is 0. The van der Waals surface area contributed by atoms with Crippen LogP contribution >= 0.6 is 0 Å². The maximum atomic E-state index is 14.7. The summed E-state index contributed by atoms with van der Waals surface area (Å²) in [6.07, 6.45) is -0.379. The number of methoxy groups -OCH3 is 2. The number of piperazine rings is 1. The van der Waals surface area contributed by atoms with Gasteiger partial charge in [-0.05, 0) is 42.3 Å². The first-order chi connectivity index (χ1) is 17.8. The van der Waals surface area contributed by atoms with Crippen molar-refractivity contribution in [1.29, 1.82) is 0 Å². The molecule has 2 aliphatic rings. The number of rotatable bonds is 8. The van der Waals surface area contributed by atoms with E-state index in [1.165, 1.54) is 19.3 Å². The summed E-state index contributed by atoms with van der Waals surface area (Å²) in [5.74, 6) is -0.975. The molecule has 0 spiro atoms. The van der Waals surface area contributed by atoms with Gasteiger partial charge < -0.3 is 24.6 Å². The minimum atomic E-state index is -4.35. The van der Waals surface area contributed by atoms with E-state index >= 15 is 0 Å². The van der Waals surface area contributed by atoms with Gasteiger partial charge in [0.2, 0.25) is 0 Å². The number of alkyl halides is 3. The van der Waals surface area contributed by atoms with Gasteiger partial charge >= 0.3 is 6.18 Å². The minimum Gasteiger partial charge on any atom is -0.497 e. The Bertz CT molecular complexity index is 1170. The number of ether oxygens (including phenoxy) is 2. The van der Waals surface area contributed by atoms with E-state index in [1.54, 1.807) is 25.6 Å². The van der Waals surface area contributed by atoms with Crippen molar-refractivity contribution < 1.29 is 27.0 Å². The molecule has 0 aromatic heterocycles. The molecule has 6 nitrogen and oxygen atoms in total. The van der Waals surface area contributed by atoms with Crippen molar-refractivity contribution in [3.05, 3.63) is 77.5 Å². The molecule has 1 aliphatic heterocycles. The molecule has 0 radical (unpaired) electrons. The summed E-state index contributed by atoms with van der Waals surface area (Å²) < 4.78 is 64.9. The van der Waals surface area contributed by atoms with Crippen molar-refractivity contribution >= 4 is 17.7 Å². The number of nitrogens with zero attached hydrogens (tertiary/aromatic N) is 3. The van der Waals surface area contributed by atoms with Crippen LogP contribution in [0.5, 0.6) is 5.75 Å². The second-order valence-electron chi connectivity index (χ2n) is 8.81. The van der Waals surface area contributed by atoms with Gasteiger partial charge in [0.25, 0.3) is 0 Å². The van der Waals surface area contributed by atoms with Crippen LogP contribution in [0.4, 0.5) is 28.9 Å². The third kappa shape index (κ3) is 6.55.